The first-order chi connectivity index (χ1) is 9.79. The minimum Gasteiger partial charge on any atom is -0.369 e. The number of anilines is 1. The summed E-state index contributed by atoms with van der Waals surface area (Å²) >= 11 is 5.27. The van der Waals surface area contributed by atoms with Crippen LogP contribution < -0.4 is 5.32 Å². The maximum Gasteiger partial charge on any atom is 0.191 e. The third-order valence-corrected chi connectivity index (χ3v) is 5.14. The van der Waals surface area contributed by atoms with Crippen LogP contribution in [0.1, 0.15) is 44.2 Å². The van der Waals surface area contributed by atoms with Crippen molar-refractivity contribution >= 4 is 33.1 Å². The Morgan fingerprint density at radius 2 is 2.15 bits per heavy atom. The molecule has 20 heavy (non-hydrogen) atoms. The molecule has 6 heteroatoms. The summed E-state index contributed by atoms with van der Waals surface area (Å²) in [7, 11) is 0. The largest absolute Gasteiger partial charge is 0.369 e. The first kappa shape index (κ1) is 13.9. The Morgan fingerprint density at radius 3 is 2.80 bits per heavy atom. The molecule has 0 amide bonds. The monoisotopic (exact) mass is 352 g/mol. The van der Waals surface area contributed by atoms with E-state index in [2.05, 4.69) is 38.1 Å². The summed E-state index contributed by atoms with van der Waals surface area (Å²) in [5.74, 6) is 2.17. The second-order valence-electron chi connectivity index (χ2n) is 4.94. The second-order valence-corrected chi connectivity index (χ2v) is 6.63. The van der Waals surface area contributed by atoms with Gasteiger partial charge in [-0.2, -0.15) is 0 Å². The summed E-state index contributed by atoms with van der Waals surface area (Å²) in [6, 6.07) is 0. The Morgan fingerprint density at radius 1 is 1.35 bits per heavy atom. The number of hydrogen-bond acceptors (Lipinski definition) is 5. The molecule has 1 aliphatic carbocycles. The molecular weight excluding hydrogens is 336 g/mol. The highest BCUT2D eigenvalue weighted by molar-refractivity contribution is 9.10. The predicted octanol–water partition coefficient (Wildman–Crippen LogP) is 4.45. The summed E-state index contributed by atoms with van der Waals surface area (Å²) in [5, 5.41) is 6.17. The van der Waals surface area contributed by atoms with Gasteiger partial charge in [-0.1, -0.05) is 12.8 Å². The number of hydrogen-bond donors (Lipinski definition) is 1. The summed E-state index contributed by atoms with van der Waals surface area (Å²) in [6.07, 6.45) is 6.83. The van der Waals surface area contributed by atoms with Crippen molar-refractivity contribution in [3.05, 3.63) is 21.7 Å². The average Bonchev–Trinajstić information content (AvgIpc) is 3.14. The van der Waals surface area contributed by atoms with Crippen LogP contribution >= 0.6 is 27.3 Å². The Labute approximate surface area is 131 Å². The van der Waals surface area contributed by atoms with E-state index in [1.54, 1.807) is 17.5 Å². The van der Waals surface area contributed by atoms with Crippen molar-refractivity contribution in [2.45, 2.75) is 38.5 Å². The summed E-state index contributed by atoms with van der Waals surface area (Å²) in [4.78, 5) is 13.7. The van der Waals surface area contributed by atoms with Crippen molar-refractivity contribution in [2.75, 3.05) is 11.9 Å². The molecule has 2 aromatic heterocycles. The highest BCUT2D eigenvalue weighted by atomic mass is 79.9. The predicted molar refractivity (Wildman–Crippen MR) is 86.2 cm³/mol. The van der Waals surface area contributed by atoms with E-state index < -0.39 is 0 Å². The number of thiazole rings is 1. The number of aromatic nitrogens is 3. The molecular formula is C14H17BrN4S. The molecule has 0 radical (unpaired) electrons. The lowest BCUT2D eigenvalue weighted by molar-refractivity contribution is 0.691. The zero-order chi connectivity index (χ0) is 13.9. The summed E-state index contributed by atoms with van der Waals surface area (Å²) < 4.78 is 1.02. The summed E-state index contributed by atoms with van der Waals surface area (Å²) in [5.41, 5.74) is 1.14. The fraction of sp³-hybridized carbons (Fsp3) is 0.500. The van der Waals surface area contributed by atoms with Gasteiger partial charge in [0.25, 0.3) is 0 Å². The van der Waals surface area contributed by atoms with Crippen molar-refractivity contribution < 1.29 is 0 Å². The topological polar surface area (TPSA) is 50.7 Å². The van der Waals surface area contributed by atoms with Crippen LogP contribution in [-0.4, -0.2) is 21.5 Å². The molecule has 2 aromatic rings. The van der Waals surface area contributed by atoms with Crippen LogP contribution in [0.3, 0.4) is 0 Å². The van der Waals surface area contributed by atoms with Crippen LogP contribution in [0.5, 0.6) is 0 Å². The van der Waals surface area contributed by atoms with Crippen molar-refractivity contribution in [1.82, 2.24) is 15.0 Å². The van der Waals surface area contributed by atoms with Crippen LogP contribution in [0, 0.1) is 0 Å². The van der Waals surface area contributed by atoms with Crippen LogP contribution in [0.25, 0.3) is 10.8 Å². The Bertz CT molecular complexity index is 579. The third kappa shape index (κ3) is 2.72. The molecule has 1 aliphatic rings. The fourth-order valence-electron chi connectivity index (χ4n) is 2.65. The molecule has 0 spiro atoms. The number of nitrogens with one attached hydrogen (secondary N) is 1. The van der Waals surface area contributed by atoms with Crippen LogP contribution in [0.4, 0.5) is 5.82 Å². The van der Waals surface area contributed by atoms with E-state index in [0.717, 1.165) is 33.4 Å². The van der Waals surface area contributed by atoms with Gasteiger partial charge in [0, 0.05) is 24.0 Å². The van der Waals surface area contributed by atoms with Crippen molar-refractivity contribution in [2.24, 2.45) is 0 Å². The molecule has 106 valence electrons. The van der Waals surface area contributed by atoms with Gasteiger partial charge in [-0.25, -0.2) is 15.0 Å². The van der Waals surface area contributed by atoms with E-state index >= 15 is 0 Å². The maximum absolute atomic E-state index is 4.79. The van der Waals surface area contributed by atoms with Gasteiger partial charge >= 0.3 is 0 Å². The smallest absolute Gasteiger partial charge is 0.191 e. The molecule has 1 saturated carbocycles. The molecule has 0 saturated heterocycles. The first-order valence-electron chi connectivity index (χ1n) is 7.00. The molecule has 2 heterocycles. The molecule has 0 aromatic carbocycles. The Hall–Kier alpha value is -1.01. The first-order valence-corrected chi connectivity index (χ1v) is 8.68. The Balaban J connectivity index is 2.07. The molecule has 1 fully saturated rings. The van der Waals surface area contributed by atoms with Crippen molar-refractivity contribution in [3.8, 4) is 10.8 Å². The van der Waals surface area contributed by atoms with E-state index in [0.29, 0.717) is 5.92 Å². The maximum atomic E-state index is 4.79. The standard InChI is InChI=1S/C14H17BrN4S/c1-2-16-12-10(15)11(9-5-3-4-6-9)18-13(19-12)14-17-7-8-20-14/h7-9H,2-6H2,1H3,(H,16,18,19). The molecule has 3 rings (SSSR count). The molecule has 0 aliphatic heterocycles. The molecule has 0 atom stereocenters. The average molecular weight is 353 g/mol. The zero-order valence-corrected chi connectivity index (χ0v) is 13.8. The normalized spacial score (nSPS) is 15.7. The second kappa shape index (κ2) is 6.18. The van der Waals surface area contributed by atoms with Gasteiger partial charge in [0.2, 0.25) is 0 Å². The highest BCUT2D eigenvalue weighted by Gasteiger charge is 2.24. The van der Waals surface area contributed by atoms with Gasteiger partial charge in [0.15, 0.2) is 10.8 Å². The lowest BCUT2D eigenvalue weighted by Crippen LogP contribution is -2.08. The zero-order valence-electron chi connectivity index (χ0n) is 11.4. The van der Waals surface area contributed by atoms with Crippen LogP contribution in [-0.2, 0) is 0 Å². The van der Waals surface area contributed by atoms with Crippen LogP contribution in [0.15, 0.2) is 16.0 Å². The van der Waals surface area contributed by atoms with Crippen molar-refractivity contribution in [3.63, 3.8) is 0 Å². The molecule has 0 unspecified atom stereocenters. The quantitative estimate of drug-likeness (QED) is 0.882. The number of halogens is 1. The van der Waals surface area contributed by atoms with E-state index in [1.807, 2.05) is 5.38 Å². The minimum absolute atomic E-state index is 0.545. The molecule has 1 N–H and O–H groups in total. The van der Waals surface area contributed by atoms with E-state index in [-0.39, 0.29) is 0 Å². The fourth-order valence-corrected chi connectivity index (χ4v) is 3.86. The highest BCUT2D eigenvalue weighted by Crippen LogP contribution is 2.39. The van der Waals surface area contributed by atoms with Gasteiger partial charge in [-0.05, 0) is 35.7 Å². The van der Waals surface area contributed by atoms with E-state index in [9.17, 15) is 0 Å². The van der Waals surface area contributed by atoms with Crippen LogP contribution in [0.2, 0.25) is 0 Å². The lowest BCUT2D eigenvalue weighted by atomic mass is 10.0. The van der Waals surface area contributed by atoms with Gasteiger partial charge < -0.3 is 5.32 Å². The summed E-state index contributed by atoms with van der Waals surface area (Å²) in [6.45, 7) is 2.92. The van der Waals surface area contributed by atoms with Gasteiger partial charge in [-0.15, -0.1) is 11.3 Å². The van der Waals surface area contributed by atoms with E-state index in [4.69, 9.17) is 4.98 Å². The SMILES string of the molecule is CCNc1nc(-c2nccs2)nc(C2CCCC2)c1Br. The molecule has 0 bridgehead atoms. The minimum atomic E-state index is 0.545. The van der Waals surface area contributed by atoms with Gasteiger partial charge in [0.1, 0.15) is 5.82 Å². The van der Waals surface area contributed by atoms with Crippen molar-refractivity contribution in [1.29, 1.82) is 0 Å². The van der Waals surface area contributed by atoms with Gasteiger partial charge in [0.05, 0.1) is 10.2 Å². The van der Waals surface area contributed by atoms with E-state index in [1.165, 1.54) is 25.7 Å². The third-order valence-electron chi connectivity index (χ3n) is 3.59. The van der Waals surface area contributed by atoms with Gasteiger partial charge in [-0.3, -0.25) is 0 Å². The lowest BCUT2D eigenvalue weighted by Gasteiger charge is -2.15. The molecule has 4 nitrogen and oxygen atoms in total. The Kier molecular flexibility index (Phi) is 4.31. The number of nitrogens with zero attached hydrogens (tertiary/aromatic N) is 3. The number of rotatable bonds is 4.